The number of allylic oxidation sites excluding steroid dienone is 5. The summed E-state index contributed by atoms with van der Waals surface area (Å²) in [7, 11) is 1.70. The summed E-state index contributed by atoms with van der Waals surface area (Å²) in [5.74, 6) is 1.04. The van der Waals surface area contributed by atoms with E-state index in [4.69, 9.17) is 33.0 Å². The lowest BCUT2D eigenvalue weighted by Crippen LogP contribution is -2.28. The van der Waals surface area contributed by atoms with Crippen molar-refractivity contribution in [2.75, 3.05) is 20.2 Å². The van der Waals surface area contributed by atoms with E-state index in [0.717, 1.165) is 5.57 Å². The van der Waals surface area contributed by atoms with E-state index in [1.807, 2.05) is 19.9 Å². The molecule has 6 nitrogen and oxygen atoms in total. The van der Waals surface area contributed by atoms with Crippen LogP contribution in [0.15, 0.2) is 76.1 Å². The molecule has 0 aliphatic heterocycles. The first-order valence-corrected chi connectivity index (χ1v) is 11.4. The maximum absolute atomic E-state index is 12.5. The van der Waals surface area contributed by atoms with E-state index in [-0.39, 0.29) is 18.4 Å². The summed E-state index contributed by atoms with van der Waals surface area (Å²) in [6, 6.07) is 7.00. The second kappa shape index (κ2) is 15.3. The number of carbonyl (C=O) groups is 1. The van der Waals surface area contributed by atoms with Crippen molar-refractivity contribution in [2.45, 2.75) is 33.6 Å². The molecule has 1 aromatic carbocycles. The van der Waals surface area contributed by atoms with Gasteiger partial charge in [-0.25, -0.2) is 0 Å². The molecule has 1 atom stereocenters. The molecular weight excluding hydrogens is 461 g/mol. The van der Waals surface area contributed by atoms with Gasteiger partial charge in [0, 0.05) is 36.2 Å². The zero-order valence-corrected chi connectivity index (χ0v) is 21.1. The lowest BCUT2D eigenvalue weighted by molar-refractivity contribution is -0.117. The van der Waals surface area contributed by atoms with Crippen LogP contribution in [-0.2, 0) is 4.79 Å². The zero-order chi connectivity index (χ0) is 24.8. The lowest BCUT2D eigenvalue weighted by Gasteiger charge is -2.18. The Morgan fingerprint density at radius 1 is 1.27 bits per heavy atom. The van der Waals surface area contributed by atoms with E-state index in [1.54, 1.807) is 50.4 Å². The number of ether oxygens (including phenoxy) is 1. The number of nitrogens with one attached hydrogen (secondary N) is 2. The quantitative estimate of drug-likeness (QED) is 0.120. The Morgan fingerprint density at radius 2 is 1.94 bits per heavy atom. The molecule has 0 bridgehead atoms. The Morgan fingerprint density at radius 3 is 2.52 bits per heavy atom. The third-order valence-electron chi connectivity index (χ3n) is 4.58. The first-order valence-electron chi connectivity index (χ1n) is 10.7. The summed E-state index contributed by atoms with van der Waals surface area (Å²) < 4.78 is 6.11. The Kier molecular flexibility index (Phi) is 13.2. The van der Waals surface area contributed by atoms with Crippen molar-refractivity contribution < 1.29 is 14.6 Å². The minimum absolute atomic E-state index is 0.0107. The van der Waals surface area contributed by atoms with Gasteiger partial charge in [0.05, 0.1) is 5.57 Å². The lowest BCUT2D eigenvalue weighted by atomic mass is 10.0. The SMILES string of the molecule is C=C/C(Cl)=C\C=C(/C)CC(C)/C(=N\C(NC)=C(/C)C(=O)NCCCO)Oc1ccc(Cl)cc1. The zero-order valence-electron chi connectivity index (χ0n) is 19.6. The summed E-state index contributed by atoms with van der Waals surface area (Å²) in [6.45, 7) is 9.70. The molecular formula is C25H33Cl2N3O3. The number of amides is 1. The number of rotatable bonds is 12. The molecule has 1 rings (SSSR count). The number of hydrogen-bond acceptors (Lipinski definition) is 5. The van der Waals surface area contributed by atoms with Crippen LogP contribution in [0.2, 0.25) is 5.02 Å². The van der Waals surface area contributed by atoms with E-state index in [2.05, 4.69) is 22.2 Å². The van der Waals surface area contributed by atoms with E-state index < -0.39 is 0 Å². The van der Waals surface area contributed by atoms with Crippen molar-refractivity contribution in [1.29, 1.82) is 0 Å². The summed E-state index contributed by atoms with van der Waals surface area (Å²) in [6.07, 6.45) is 6.42. The monoisotopic (exact) mass is 493 g/mol. The van der Waals surface area contributed by atoms with Gasteiger partial charge in [-0.3, -0.25) is 4.79 Å². The van der Waals surface area contributed by atoms with Crippen LogP contribution in [0.1, 0.15) is 33.6 Å². The molecule has 1 unspecified atom stereocenters. The van der Waals surface area contributed by atoms with Crippen LogP contribution in [0.5, 0.6) is 5.75 Å². The fourth-order valence-corrected chi connectivity index (χ4v) is 2.93. The molecule has 3 N–H and O–H groups in total. The molecule has 1 amide bonds. The van der Waals surface area contributed by atoms with Gasteiger partial charge in [0.25, 0.3) is 5.91 Å². The van der Waals surface area contributed by atoms with Crippen molar-refractivity contribution in [3.63, 3.8) is 0 Å². The van der Waals surface area contributed by atoms with E-state index in [0.29, 0.717) is 52.5 Å². The standard InChI is InChI=1S/C25H33Cl2N3O3/c1-6-20(26)9-8-17(2)16-18(3)25(33-22-12-10-21(27)11-13-22)30-23(28-5)19(4)24(32)29-14-7-15-31/h6,8-13,18,28,31H,1,7,14-16H2,2-5H3,(H,29,32)/b17-8+,20-9+,23-19+,30-25+. The molecule has 0 radical (unpaired) electrons. The van der Waals surface area contributed by atoms with Gasteiger partial charge in [-0.1, -0.05) is 54.4 Å². The summed E-state index contributed by atoms with van der Waals surface area (Å²) in [5, 5.41) is 15.8. The number of benzene rings is 1. The van der Waals surface area contributed by atoms with Gasteiger partial charge in [0.2, 0.25) is 0 Å². The van der Waals surface area contributed by atoms with Gasteiger partial charge in [-0.05, 0) is 57.0 Å². The van der Waals surface area contributed by atoms with Crippen molar-refractivity contribution >= 4 is 35.0 Å². The van der Waals surface area contributed by atoms with Crippen molar-refractivity contribution in [2.24, 2.45) is 10.9 Å². The number of hydrogen-bond donors (Lipinski definition) is 3. The molecule has 0 aliphatic carbocycles. The van der Waals surface area contributed by atoms with Gasteiger partial charge >= 0.3 is 0 Å². The van der Waals surface area contributed by atoms with Crippen LogP contribution in [-0.4, -0.2) is 37.1 Å². The molecule has 0 saturated heterocycles. The van der Waals surface area contributed by atoms with Crippen LogP contribution in [0.4, 0.5) is 0 Å². The Balaban J connectivity index is 3.27. The maximum atomic E-state index is 12.5. The average molecular weight is 494 g/mol. The third-order valence-corrected chi connectivity index (χ3v) is 5.12. The fourth-order valence-electron chi connectivity index (χ4n) is 2.74. The van der Waals surface area contributed by atoms with Gasteiger partial charge in [-0.15, -0.1) is 0 Å². The number of carbonyl (C=O) groups excluding carboxylic acids is 1. The normalized spacial score (nSPS) is 14.3. The van der Waals surface area contributed by atoms with Crippen molar-refractivity contribution in [1.82, 2.24) is 10.6 Å². The molecule has 8 heteroatoms. The van der Waals surface area contributed by atoms with Crippen LogP contribution in [0, 0.1) is 5.92 Å². The van der Waals surface area contributed by atoms with Crippen molar-refractivity contribution in [3.05, 3.63) is 76.1 Å². The third kappa shape index (κ3) is 10.7. The summed E-state index contributed by atoms with van der Waals surface area (Å²) in [5.41, 5.74) is 1.48. The van der Waals surface area contributed by atoms with Gasteiger partial charge < -0.3 is 20.5 Å². The van der Waals surface area contributed by atoms with E-state index in [1.165, 1.54) is 0 Å². The number of nitrogens with zero attached hydrogens (tertiary/aromatic N) is 1. The molecule has 0 fully saturated rings. The highest BCUT2D eigenvalue weighted by atomic mass is 35.5. The second-order valence-electron chi connectivity index (χ2n) is 7.44. The predicted octanol–water partition coefficient (Wildman–Crippen LogP) is 5.35. The highest BCUT2D eigenvalue weighted by molar-refractivity contribution is 6.31. The largest absolute Gasteiger partial charge is 0.443 e. The van der Waals surface area contributed by atoms with Crippen LogP contribution < -0.4 is 15.4 Å². The molecule has 0 heterocycles. The molecule has 33 heavy (non-hydrogen) atoms. The molecule has 1 aromatic rings. The van der Waals surface area contributed by atoms with E-state index >= 15 is 0 Å². The molecule has 180 valence electrons. The Labute approximate surface area is 206 Å². The van der Waals surface area contributed by atoms with Gasteiger partial charge in [0.1, 0.15) is 11.6 Å². The molecule has 0 aromatic heterocycles. The topological polar surface area (TPSA) is 83.0 Å². The molecule has 0 spiro atoms. The smallest absolute Gasteiger partial charge is 0.250 e. The number of aliphatic hydroxyl groups excluding tert-OH is 1. The fraction of sp³-hybridized carbons (Fsp3) is 0.360. The number of halogens is 2. The first kappa shape index (κ1) is 28.5. The second-order valence-corrected chi connectivity index (χ2v) is 8.31. The van der Waals surface area contributed by atoms with Gasteiger partial charge in [-0.2, -0.15) is 4.99 Å². The molecule has 0 aliphatic rings. The Hall–Kier alpha value is -2.54. The van der Waals surface area contributed by atoms with Crippen LogP contribution in [0.3, 0.4) is 0 Å². The van der Waals surface area contributed by atoms with Crippen molar-refractivity contribution in [3.8, 4) is 5.75 Å². The molecule has 0 saturated carbocycles. The minimum Gasteiger partial charge on any atom is -0.443 e. The van der Waals surface area contributed by atoms with E-state index in [9.17, 15) is 4.79 Å². The minimum atomic E-state index is -0.268. The number of aliphatic hydroxyl groups is 1. The van der Waals surface area contributed by atoms with Crippen LogP contribution >= 0.6 is 23.2 Å². The number of aliphatic imine (C=N–C) groups is 1. The highest BCUT2D eigenvalue weighted by Gasteiger charge is 2.17. The summed E-state index contributed by atoms with van der Waals surface area (Å²) >= 11 is 12.0. The average Bonchev–Trinajstić information content (AvgIpc) is 2.80. The van der Waals surface area contributed by atoms with Crippen LogP contribution in [0.25, 0.3) is 0 Å². The van der Waals surface area contributed by atoms with Gasteiger partial charge in [0.15, 0.2) is 5.90 Å². The Bertz CT molecular complexity index is 919. The summed E-state index contributed by atoms with van der Waals surface area (Å²) in [4.78, 5) is 17.1. The first-order chi connectivity index (χ1) is 15.7. The maximum Gasteiger partial charge on any atom is 0.250 e. The highest BCUT2D eigenvalue weighted by Crippen LogP contribution is 2.21. The predicted molar refractivity (Wildman–Crippen MR) is 138 cm³/mol.